The first-order chi connectivity index (χ1) is 16.1. The molecule has 1 amide bonds. The highest BCUT2D eigenvalue weighted by atomic mass is 19.1. The average molecular weight is 444 g/mol. The third-order valence-electron chi connectivity index (χ3n) is 6.19. The second-order valence-electron chi connectivity index (χ2n) is 8.42. The van der Waals surface area contributed by atoms with E-state index in [1.807, 2.05) is 48.1 Å². The summed E-state index contributed by atoms with van der Waals surface area (Å²) in [6.45, 7) is 0.840. The first kappa shape index (κ1) is 21.1. The lowest BCUT2D eigenvalue weighted by Crippen LogP contribution is -2.32. The predicted octanol–water partition coefficient (Wildman–Crippen LogP) is 4.67. The molecule has 1 unspecified atom stereocenters. The highest BCUT2D eigenvalue weighted by molar-refractivity contribution is 5.94. The fraction of sp³-hybridized carbons (Fsp3) is 0.269. The summed E-state index contributed by atoms with van der Waals surface area (Å²) in [5.74, 6) is 0.808. The van der Waals surface area contributed by atoms with Gasteiger partial charge in [0.25, 0.3) is 5.91 Å². The van der Waals surface area contributed by atoms with E-state index in [0.717, 1.165) is 49.3 Å². The number of imidazole rings is 2. The van der Waals surface area contributed by atoms with Crippen LogP contribution in [0.25, 0.3) is 11.4 Å². The van der Waals surface area contributed by atoms with Crippen molar-refractivity contribution in [1.82, 2.24) is 24.4 Å². The van der Waals surface area contributed by atoms with Crippen LogP contribution < -0.4 is 5.32 Å². The number of aryl methyl sites for hydroxylation is 1. The van der Waals surface area contributed by atoms with Gasteiger partial charge in [-0.25, -0.2) is 14.4 Å². The maximum atomic E-state index is 14.0. The molecule has 0 saturated carbocycles. The van der Waals surface area contributed by atoms with Crippen molar-refractivity contribution < 1.29 is 9.18 Å². The van der Waals surface area contributed by atoms with Crippen molar-refractivity contribution in [2.45, 2.75) is 38.3 Å². The third-order valence-corrected chi connectivity index (χ3v) is 6.19. The minimum atomic E-state index is -0.600. The predicted molar refractivity (Wildman–Crippen MR) is 124 cm³/mol. The van der Waals surface area contributed by atoms with Gasteiger partial charge in [0.15, 0.2) is 0 Å². The van der Waals surface area contributed by atoms with Crippen molar-refractivity contribution in [3.63, 3.8) is 0 Å². The van der Waals surface area contributed by atoms with Gasteiger partial charge >= 0.3 is 0 Å². The van der Waals surface area contributed by atoms with E-state index in [9.17, 15) is 9.18 Å². The molecular formula is C26H26FN5O. The van der Waals surface area contributed by atoms with E-state index in [0.29, 0.717) is 17.1 Å². The maximum absolute atomic E-state index is 14.0. The molecule has 0 fully saturated rings. The van der Waals surface area contributed by atoms with Crippen molar-refractivity contribution in [2.75, 3.05) is 0 Å². The van der Waals surface area contributed by atoms with Gasteiger partial charge in [-0.1, -0.05) is 48.9 Å². The van der Waals surface area contributed by atoms with Crippen LogP contribution >= 0.6 is 0 Å². The average Bonchev–Trinajstić information content (AvgIpc) is 3.33. The minimum absolute atomic E-state index is 0.278. The lowest BCUT2D eigenvalue weighted by Gasteiger charge is -2.19. The van der Waals surface area contributed by atoms with Gasteiger partial charge in [0.2, 0.25) is 0 Å². The number of fused-ring (bicyclic) bond motifs is 1. The highest BCUT2D eigenvalue weighted by Gasteiger charge is 2.28. The van der Waals surface area contributed by atoms with Gasteiger partial charge in [0.1, 0.15) is 29.2 Å². The van der Waals surface area contributed by atoms with Crippen LogP contribution in [0.15, 0.2) is 67.0 Å². The number of aromatic nitrogens is 4. The molecule has 1 atom stereocenters. The Bertz CT molecular complexity index is 1280. The van der Waals surface area contributed by atoms with Crippen molar-refractivity contribution in [3.05, 3.63) is 95.6 Å². The zero-order valence-electron chi connectivity index (χ0n) is 18.5. The van der Waals surface area contributed by atoms with Gasteiger partial charge in [-0.3, -0.25) is 4.79 Å². The summed E-state index contributed by atoms with van der Waals surface area (Å²) in [5, 5.41) is 3.09. The van der Waals surface area contributed by atoms with Gasteiger partial charge in [-0.15, -0.1) is 0 Å². The van der Waals surface area contributed by atoms with Gasteiger partial charge in [0, 0.05) is 31.5 Å². The zero-order chi connectivity index (χ0) is 22.8. The Balaban J connectivity index is 1.55. The zero-order valence-corrected chi connectivity index (χ0v) is 18.5. The largest absolute Gasteiger partial charge is 0.337 e. The molecule has 1 aliphatic heterocycles. The normalized spacial score (nSPS) is 14.4. The second kappa shape index (κ2) is 9.02. The second-order valence-corrected chi connectivity index (χ2v) is 8.42. The molecule has 2 aromatic carbocycles. The van der Waals surface area contributed by atoms with Gasteiger partial charge in [0.05, 0.1) is 5.69 Å². The number of carbonyl (C=O) groups is 1. The summed E-state index contributed by atoms with van der Waals surface area (Å²) in [7, 11) is 1.86. The summed E-state index contributed by atoms with van der Waals surface area (Å²) < 4.78 is 18.1. The van der Waals surface area contributed by atoms with Crippen LogP contribution in [-0.4, -0.2) is 25.0 Å². The van der Waals surface area contributed by atoms with E-state index in [4.69, 9.17) is 4.98 Å². The number of amides is 1. The lowest BCUT2D eigenvalue weighted by molar-refractivity contribution is 0.0935. The minimum Gasteiger partial charge on any atom is -0.337 e. The number of nitrogens with zero attached hydrogens (tertiary/aromatic N) is 4. The number of hydrogen-bond donors (Lipinski definition) is 1. The molecule has 0 saturated heterocycles. The van der Waals surface area contributed by atoms with E-state index < -0.39 is 6.04 Å². The third kappa shape index (κ3) is 4.18. The molecule has 1 N–H and O–H groups in total. The van der Waals surface area contributed by atoms with Crippen molar-refractivity contribution in [1.29, 1.82) is 0 Å². The summed E-state index contributed by atoms with van der Waals surface area (Å²) in [4.78, 5) is 22.9. The molecule has 0 spiro atoms. The summed E-state index contributed by atoms with van der Waals surface area (Å²) >= 11 is 0. The van der Waals surface area contributed by atoms with Crippen LogP contribution in [0.5, 0.6) is 0 Å². The SMILES string of the molecule is Cn1ccnc1C(NC(=O)c1nc(-c2ccccc2)n2c1CCCCC2)c1cccc(F)c1. The summed E-state index contributed by atoms with van der Waals surface area (Å²) in [6, 6.07) is 15.6. The fourth-order valence-electron chi connectivity index (χ4n) is 4.55. The molecule has 3 heterocycles. The van der Waals surface area contributed by atoms with Crippen LogP contribution in [-0.2, 0) is 20.0 Å². The smallest absolute Gasteiger partial charge is 0.272 e. The van der Waals surface area contributed by atoms with Crippen molar-refractivity contribution in [3.8, 4) is 11.4 Å². The van der Waals surface area contributed by atoms with Crippen LogP contribution in [0.4, 0.5) is 4.39 Å². The Labute approximate surface area is 192 Å². The highest BCUT2D eigenvalue weighted by Crippen LogP contribution is 2.28. The Morgan fingerprint density at radius 2 is 1.94 bits per heavy atom. The Morgan fingerprint density at radius 1 is 1.09 bits per heavy atom. The van der Waals surface area contributed by atoms with Gasteiger partial charge in [-0.2, -0.15) is 0 Å². The van der Waals surface area contributed by atoms with E-state index in [1.54, 1.807) is 18.3 Å². The van der Waals surface area contributed by atoms with E-state index in [-0.39, 0.29) is 11.7 Å². The molecule has 2 aromatic heterocycles. The molecule has 0 radical (unpaired) electrons. The van der Waals surface area contributed by atoms with E-state index in [1.165, 1.54) is 12.1 Å². The van der Waals surface area contributed by atoms with Gasteiger partial charge in [-0.05, 0) is 37.0 Å². The van der Waals surface area contributed by atoms with E-state index in [2.05, 4.69) is 14.9 Å². The molecule has 0 bridgehead atoms. The molecule has 5 rings (SSSR count). The number of halogens is 1. The van der Waals surface area contributed by atoms with E-state index >= 15 is 0 Å². The number of carbonyl (C=O) groups excluding carboxylic acids is 1. The Morgan fingerprint density at radius 3 is 2.70 bits per heavy atom. The first-order valence-corrected chi connectivity index (χ1v) is 11.3. The van der Waals surface area contributed by atoms with Crippen LogP contribution in [0.3, 0.4) is 0 Å². The van der Waals surface area contributed by atoms with Crippen LogP contribution in [0.1, 0.15) is 52.9 Å². The summed E-state index contributed by atoms with van der Waals surface area (Å²) in [6.07, 6.45) is 7.48. The molecule has 7 heteroatoms. The quantitative estimate of drug-likeness (QED) is 0.488. The molecule has 4 aromatic rings. The number of hydrogen-bond acceptors (Lipinski definition) is 3. The monoisotopic (exact) mass is 443 g/mol. The molecule has 33 heavy (non-hydrogen) atoms. The maximum Gasteiger partial charge on any atom is 0.272 e. The Kier molecular flexibility index (Phi) is 5.77. The number of benzene rings is 2. The summed E-state index contributed by atoms with van der Waals surface area (Å²) in [5.41, 5.74) is 3.02. The molecule has 168 valence electrons. The van der Waals surface area contributed by atoms with Crippen LogP contribution in [0, 0.1) is 5.82 Å². The molecular weight excluding hydrogens is 417 g/mol. The number of nitrogens with one attached hydrogen (secondary N) is 1. The molecule has 0 aliphatic carbocycles. The van der Waals surface area contributed by atoms with Crippen LogP contribution in [0.2, 0.25) is 0 Å². The Hall–Kier alpha value is -3.74. The standard InChI is InChI=1S/C26H26FN5O/c1-31-16-14-28-25(31)22(19-11-8-12-20(27)17-19)30-26(33)23-21-13-6-3-7-15-32(21)24(29-23)18-9-4-2-5-10-18/h2,4-5,8-12,14,16-17,22H,3,6-7,13,15H2,1H3,(H,30,33). The fourth-order valence-corrected chi connectivity index (χ4v) is 4.55. The van der Waals surface area contributed by atoms with Gasteiger partial charge < -0.3 is 14.5 Å². The first-order valence-electron chi connectivity index (χ1n) is 11.3. The topological polar surface area (TPSA) is 64.7 Å². The number of rotatable bonds is 5. The van der Waals surface area contributed by atoms with Crippen molar-refractivity contribution >= 4 is 5.91 Å². The lowest BCUT2D eigenvalue weighted by atomic mass is 10.1. The molecule has 1 aliphatic rings. The van der Waals surface area contributed by atoms with Crippen molar-refractivity contribution in [2.24, 2.45) is 7.05 Å². The molecule has 6 nitrogen and oxygen atoms in total.